The highest BCUT2D eigenvalue weighted by Gasteiger charge is 2.45. The zero-order chi connectivity index (χ0) is 35.3. The number of carbonyl (C=O) groups is 5. The zero-order valence-corrected chi connectivity index (χ0v) is 27.5. The number of anilines is 3. The standard InChI is InChI=1S/C39H33N7O5/c47-34(44-26-13-9-12-25(20-26)43-33-21-31(41-23-42-33)29-22-40-30-16-7-6-14-27(29)30)17-5-3-1-2-4-10-24-11-8-15-28-36(24)39(51)46(38(28)50)32-18-19-35(48)45-37(32)49/h6-9,11-16,20-23,32,40H,1-3,5,17-19H2,(H,44,47)(H,41,42,43)(H,45,48,49). The molecule has 4 N–H and O–H groups in total. The van der Waals surface area contributed by atoms with E-state index in [1.165, 1.54) is 6.33 Å². The van der Waals surface area contributed by atoms with E-state index in [0.717, 1.165) is 45.6 Å². The van der Waals surface area contributed by atoms with Gasteiger partial charge in [0, 0.05) is 64.9 Å². The molecule has 2 aliphatic rings. The van der Waals surface area contributed by atoms with Gasteiger partial charge in [-0.1, -0.05) is 48.6 Å². The first-order valence-corrected chi connectivity index (χ1v) is 16.7. The summed E-state index contributed by atoms with van der Waals surface area (Å²) < 4.78 is 0. The van der Waals surface area contributed by atoms with Gasteiger partial charge in [0.1, 0.15) is 18.2 Å². The number of rotatable bonds is 10. The topological polar surface area (TPSA) is 166 Å². The quantitative estimate of drug-likeness (QED) is 0.0828. The van der Waals surface area contributed by atoms with Gasteiger partial charge in [-0.2, -0.15) is 0 Å². The van der Waals surface area contributed by atoms with Crippen molar-refractivity contribution in [1.29, 1.82) is 0 Å². The fraction of sp³-hybridized carbons (Fsp3) is 0.205. The highest BCUT2D eigenvalue weighted by Crippen LogP contribution is 2.31. The number of aromatic nitrogens is 3. The Hall–Kier alpha value is -6.61. The van der Waals surface area contributed by atoms with Gasteiger partial charge in [-0.25, -0.2) is 9.97 Å². The minimum atomic E-state index is -1.02. The molecule has 3 aromatic carbocycles. The fourth-order valence-electron chi connectivity index (χ4n) is 6.36. The molecule has 2 aliphatic heterocycles. The second-order valence-corrected chi connectivity index (χ2v) is 12.3. The molecular weight excluding hydrogens is 646 g/mol. The Kier molecular flexibility index (Phi) is 9.34. The fourth-order valence-corrected chi connectivity index (χ4v) is 6.36. The summed E-state index contributed by atoms with van der Waals surface area (Å²) in [5.74, 6) is 4.41. The lowest BCUT2D eigenvalue weighted by atomic mass is 10.0. The SMILES string of the molecule is O=C1CCC(N2C(=O)c3cccc(C#CCCCCCC(=O)Nc4cccc(Nc5cc(-c6c[nH]c7ccccc67)ncn5)c4)c3C2=O)C(=O)N1. The maximum Gasteiger partial charge on any atom is 0.263 e. The Morgan fingerprint density at radius 1 is 0.882 bits per heavy atom. The molecule has 0 bridgehead atoms. The van der Waals surface area contributed by atoms with Crippen molar-refractivity contribution < 1.29 is 24.0 Å². The van der Waals surface area contributed by atoms with Crippen LogP contribution in [0, 0.1) is 11.8 Å². The van der Waals surface area contributed by atoms with Crippen LogP contribution in [0.25, 0.3) is 22.2 Å². The Morgan fingerprint density at radius 2 is 1.73 bits per heavy atom. The third-order valence-electron chi connectivity index (χ3n) is 8.85. The molecule has 51 heavy (non-hydrogen) atoms. The Morgan fingerprint density at radius 3 is 2.61 bits per heavy atom. The maximum atomic E-state index is 13.2. The monoisotopic (exact) mass is 679 g/mol. The number of imide groups is 2. The van der Waals surface area contributed by atoms with E-state index in [4.69, 9.17) is 0 Å². The van der Waals surface area contributed by atoms with Crippen LogP contribution in [-0.4, -0.2) is 55.4 Å². The van der Waals surface area contributed by atoms with Gasteiger partial charge in [-0.15, -0.1) is 0 Å². The summed E-state index contributed by atoms with van der Waals surface area (Å²) in [6.45, 7) is 0. The predicted octanol–water partition coefficient (Wildman–Crippen LogP) is 5.71. The van der Waals surface area contributed by atoms with Crippen molar-refractivity contribution in [2.45, 2.75) is 51.0 Å². The first-order chi connectivity index (χ1) is 24.9. The third kappa shape index (κ3) is 7.09. The number of fused-ring (bicyclic) bond motifs is 2. The lowest BCUT2D eigenvalue weighted by molar-refractivity contribution is -0.136. The number of aromatic amines is 1. The van der Waals surface area contributed by atoms with Crippen molar-refractivity contribution in [3.8, 4) is 23.1 Å². The van der Waals surface area contributed by atoms with Crippen molar-refractivity contribution in [2.24, 2.45) is 0 Å². The predicted molar refractivity (Wildman–Crippen MR) is 191 cm³/mol. The van der Waals surface area contributed by atoms with Gasteiger partial charge in [0.2, 0.25) is 17.7 Å². The van der Waals surface area contributed by atoms with Gasteiger partial charge in [0.05, 0.1) is 16.8 Å². The van der Waals surface area contributed by atoms with E-state index in [9.17, 15) is 24.0 Å². The minimum Gasteiger partial charge on any atom is -0.360 e. The second kappa shape index (κ2) is 14.5. The number of carbonyl (C=O) groups excluding carboxylic acids is 5. The summed E-state index contributed by atoms with van der Waals surface area (Å²) in [5.41, 5.74) is 5.05. The van der Waals surface area contributed by atoms with Gasteiger partial charge in [0.25, 0.3) is 11.8 Å². The number of nitrogens with zero attached hydrogens (tertiary/aromatic N) is 3. The average Bonchev–Trinajstić information content (AvgIpc) is 3.67. The molecule has 1 saturated heterocycles. The van der Waals surface area contributed by atoms with Crippen molar-refractivity contribution >= 4 is 57.6 Å². The van der Waals surface area contributed by atoms with E-state index in [0.29, 0.717) is 36.3 Å². The van der Waals surface area contributed by atoms with Gasteiger partial charge in [0.15, 0.2) is 0 Å². The molecule has 4 heterocycles. The zero-order valence-electron chi connectivity index (χ0n) is 27.5. The van der Waals surface area contributed by atoms with E-state index in [-0.39, 0.29) is 29.9 Å². The molecule has 5 amide bonds. The number of benzene rings is 3. The van der Waals surface area contributed by atoms with E-state index in [1.807, 2.05) is 60.8 Å². The largest absolute Gasteiger partial charge is 0.360 e. The number of amides is 5. The number of nitrogens with one attached hydrogen (secondary N) is 4. The number of hydrogen-bond donors (Lipinski definition) is 4. The smallest absolute Gasteiger partial charge is 0.263 e. The first-order valence-electron chi connectivity index (χ1n) is 16.7. The lowest BCUT2D eigenvalue weighted by Crippen LogP contribution is -2.54. The van der Waals surface area contributed by atoms with E-state index < -0.39 is 29.7 Å². The van der Waals surface area contributed by atoms with Crippen LogP contribution in [0.2, 0.25) is 0 Å². The van der Waals surface area contributed by atoms with Gasteiger partial charge < -0.3 is 15.6 Å². The highest BCUT2D eigenvalue weighted by atomic mass is 16.2. The van der Waals surface area contributed by atoms with E-state index in [2.05, 4.69) is 42.7 Å². The molecule has 1 fully saturated rings. The molecule has 1 unspecified atom stereocenters. The molecule has 1 atom stereocenters. The van der Waals surface area contributed by atoms with Crippen LogP contribution in [0.5, 0.6) is 0 Å². The Balaban J connectivity index is 0.878. The van der Waals surface area contributed by atoms with Crippen LogP contribution in [0.3, 0.4) is 0 Å². The molecule has 0 aliphatic carbocycles. The van der Waals surface area contributed by atoms with Crippen LogP contribution < -0.4 is 16.0 Å². The summed E-state index contributed by atoms with van der Waals surface area (Å²) in [7, 11) is 0. The van der Waals surface area contributed by atoms with Crippen LogP contribution in [0.1, 0.15) is 71.2 Å². The Labute approximate surface area is 293 Å². The summed E-state index contributed by atoms with van der Waals surface area (Å²) >= 11 is 0. The summed E-state index contributed by atoms with van der Waals surface area (Å²) in [6, 6.07) is 21.2. The molecule has 2 aromatic heterocycles. The average molecular weight is 680 g/mol. The summed E-state index contributed by atoms with van der Waals surface area (Å²) in [5, 5.41) is 9.54. The normalized spacial score (nSPS) is 15.3. The number of H-pyrrole nitrogens is 1. The molecule has 7 rings (SSSR count). The summed E-state index contributed by atoms with van der Waals surface area (Å²) in [4.78, 5) is 75.9. The van der Waals surface area contributed by atoms with Crippen LogP contribution >= 0.6 is 0 Å². The van der Waals surface area contributed by atoms with E-state index >= 15 is 0 Å². The number of piperidine rings is 1. The van der Waals surface area contributed by atoms with Crippen LogP contribution in [-0.2, 0) is 14.4 Å². The van der Waals surface area contributed by atoms with Gasteiger partial charge >= 0.3 is 0 Å². The van der Waals surface area contributed by atoms with Gasteiger partial charge in [-0.3, -0.25) is 34.2 Å². The molecule has 12 nitrogen and oxygen atoms in total. The lowest BCUT2D eigenvalue weighted by Gasteiger charge is -2.27. The number of unbranched alkanes of at least 4 members (excludes halogenated alkanes) is 3. The molecule has 5 aromatic rings. The van der Waals surface area contributed by atoms with E-state index in [1.54, 1.807) is 18.2 Å². The molecule has 0 saturated carbocycles. The van der Waals surface area contributed by atoms with Crippen LogP contribution in [0.4, 0.5) is 17.2 Å². The second-order valence-electron chi connectivity index (χ2n) is 12.3. The number of para-hydroxylation sites is 1. The molecular formula is C39H33N7O5. The Bertz CT molecular complexity index is 2270. The third-order valence-corrected chi connectivity index (χ3v) is 8.85. The molecule has 254 valence electrons. The van der Waals surface area contributed by atoms with Gasteiger partial charge in [-0.05, 0) is 55.7 Å². The van der Waals surface area contributed by atoms with Crippen molar-refractivity contribution in [3.05, 3.63) is 102 Å². The molecule has 0 radical (unpaired) electrons. The van der Waals surface area contributed by atoms with Crippen molar-refractivity contribution in [2.75, 3.05) is 10.6 Å². The highest BCUT2D eigenvalue weighted by molar-refractivity contribution is 6.24. The first kappa shape index (κ1) is 32.9. The van der Waals surface area contributed by atoms with Crippen molar-refractivity contribution in [1.82, 2.24) is 25.2 Å². The minimum absolute atomic E-state index is 0.0580. The molecule has 0 spiro atoms. The molecule has 12 heteroatoms. The maximum absolute atomic E-state index is 13.2. The number of hydrogen-bond acceptors (Lipinski definition) is 8. The summed E-state index contributed by atoms with van der Waals surface area (Å²) in [6.07, 6.45) is 6.72. The van der Waals surface area contributed by atoms with Crippen LogP contribution in [0.15, 0.2) is 85.3 Å². The van der Waals surface area contributed by atoms with Crippen molar-refractivity contribution in [3.63, 3.8) is 0 Å².